The van der Waals surface area contributed by atoms with Gasteiger partial charge in [-0.2, -0.15) is 0 Å². The number of fused-ring (bicyclic) bond motifs is 5. The molecule has 3 aliphatic heterocycles. The fraction of sp³-hybridized carbons (Fsp3) is 0.455. The zero-order valence-electron chi connectivity index (χ0n) is 15.6. The molecular formula is C22H24N2O3. The standard InChI is InChI=1S/C22H24N2O3/c1-3-4-17-13(2)24-11-16-7-15-9-20-21(27-12-26-20)10-18(15)23-22(16)19(24)8-14(17)5-6-25/h6-7,9-10,14,17,19H,2-5,8,11-12H2,1H3. The summed E-state index contributed by atoms with van der Waals surface area (Å²) in [4.78, 5) is 18.7. The Bertz CT molecular complexity index is 939. The lowest BCUT2D eigenvalue weighted by molar-refractivity contribution is -0.109. The molecule has 4 heterocycles. The van der Waals surface area contributed by atoms with Crippen molar-refractivity contribution in [2.75, 3.05) is 6.79 Å². The maximum atomic E-state index is 11.3. The minimum Gasteiger partial charge on any atom is -0.454 e. The van der Waals surface area contributed by atoms with E-state index in [4.69, 9.17) is 14.5 Å². The van der Waals surface area contributed by atoms with E-state index in [0.717, 1.165) is 60.2 Å². The molecule has 5 heteroatoms. The van der Waals surface area contributed by atoms with Crippen molar-refractivity contribution < 1.29 is 14.3 Å². The summed E-state index contributed by atoms with van der Waals surface area (Å²) in [6, 6.07) is 6.45. The summed E-state index contributed by atoms with van der Waals surface area (Å²) in [5.74, 6) is 2.31. The minimum atomic E-state index is 0.223. The Kier molecular flexibility index (Phi) is 3.85. The molecule has 0 N–H and O–H groups in total. The number of aromatic nitrogens is 1. The first-order valence-electron chi connectivity index (χ1n) is 9.81. The van der Waals surface area contributed by atoms with Crippen LogP contribution in [-0.4, -0.2) is 23.0 Å². The van der Waals surface area contributed by atoms with Crippen LogP contribution in [0.25, 0.3) is 10.9 Å². The number of piperidine rings is 1. The first kappa shape index (κ1) is 16.6. The highest BCUT2D eigenvalue weighted by Gasteiger charge is 2.43. The number of allylic oxidation sites excluding steroid dienone is 1. The summed E-state index contributed by atoms with van der Waals surface area (Å²) in [7, 11) is 0. The summed E-state index contributed by atoms with van der Waals surface area (Å²) in [5.41, 5.74) is 4.51. The molecule has 3 atom stereocenters. The van der Waals surface area contributed by atoms with E-state index >= 15 is 0 Å². The highest BCUT2D eigenvalue weighted by atomic mass is 16.7. The van der Waals surface area contributed by atoms with Gasteiger partial charge in [0, 0.05) is 36.0 Å². The molecule has 1 fully saturated rings. The number of hydrogen-bond acceptors (Lipinski definition) is 5. The molecule has 1 aromatic heterocycles. The topological polar surface area (TPSA) is 51.7 Å². The van der Waals surface area contributed by atoms with Crippen molar-refractivity contribution in [3.05, 3.63) is 41.7 Å². The van der Waals surface area contributed by atoms with Gasteiger partial charge in [0.15, 0.2) is 11.5 Å². The van der Waals surface area contributed by atoms with Crippen molar-refractivity contribution in [3.8, 4) is 11.5 Å². The average molecular weight is 364 g/mol. The summed E-state index contributed by atoms with van der Waals surface area (Å²) in [6.45, 7) is 7.76. The highest BCUT2D eigenvalue weighted by molar-refractivity contribution is 5.84. The zero-order valence-corrected chi connectivity index (χ0v) is 15.6. The Morgan fingerprint density at radius 3 is 2.89 bits per heavy atom. The molecule has 27 heavy (non-hydrogen) atoms. The first-order valence-corrected chi connectivity index (χ1v) is 9.81. The van der Waals surface area contributed by atoms with Gasteiger partial charge in [0.1, 0.15) is 6.29 Å². The van der Waals surface area contributed by atoms with Crippen LogP contribution >= 0.6 is 0 Å². The molecule has 5 rings (SSSR count). The Labute approximate surface area is 159 Å². The second-order valence-corrected chi connectivity index (χ2v) is 7.86. The number of nitrogens with zero attached hydrogens (tertiary/aromatic N) is 2. The lowest BCUT2D eigenvalue weighted by atomic mass is 9.76. The van der Waals surface area contributed by atoms with Crippen LogP contribution in [0.5, 0.6) is 11.5 Å². The molecule has 140 valence electrons. The lowest BCUT2D eigenvalue weighted by Gasteiger charge is -2.43. The van der Waals surface area contributed by atoms with Crippen molar-refractivity contribution in [1.82, 2.24) is 9.88 Å². The van der Waals surface area contributed by atoms with Gasteiger partial charge in [0.25, 0.3) is 0 Å². The predicted octanol–water partition coefficient (Wildman–Crippen LogP) is 4.36. The number of rotatable bonds is 4. The average Bonchev–Trinajstić information content (AvgIpc) is 3.25. The number of aldehydes is 1. The maximum absolute atomic E-state index is 11.3. The van der Waals surface area contributed by atoms with Crippen LogP contribution in [0.4, 0.5) is 0 Å². The van der Waals surface area contributed by atoms with E-state index in [1.54, 1.807) is 0 Å². The molecule has 0 bridgehead atoms. The summed E-state index contributed by atoms with van der Waals surface area (Å²) >= 11 is 0. The van der Waals surface area contributed by atoms with Crippen LogP contribution < -0.4 is 9.47 Å². The third kappa shape index (κ3) is 2.52. The number of carbonyl (C=O) groups excluding carboxylic acids is 1. The second kappa shape index (κ2) is 6.25. The molecule has 0 saturated carbocycles. The largest absolute Gasteiger partial charge is 0.454 e. The smallest absolute Gasteiger partial charge is 0.231 e. The fourth-order valence-corrected chi connectivity index (χ4v) is 5.05. The van der Waals surface area contributed by atoms with Gasteiger partial charge < -0.3 is 19.2 Å². The molecular weight excluding hydrogens is 340 g/mol. The van der Waals surface area contributed by atoms with Crippen LogP contribution in [0.1, 0.15) is 49.9 Å². The van der Waals surface area contributed by atoms with Crippen molar-refractivity contribution in [3.63, 3.8) is 0 Å². The molecule has 3 aliphatic rings. The quantitative estimate of drug-likeness (QED) is 0.755. The second-order valence-electron chi connectivity index (χ2n) is 7.86. The molecule has 1 aromatic carbocycles. The van der Waals surface area contributed by atoms with Crippen LogP contribution in [0.3, 0.4) is 0 Å². The number of pyridine rings is 1. The van der Waals surface area contributed by atoms with E-state index in [0.29, 0.717) is 18.3 Å². The number of benzene rings is 1. The first-order chi connectivity index (χ1) is 13.2. The number of carbonyl (C=O) groups is 1. The molecule has 0 aliphatic carbocycles. The van der Waals surface area contributed by atoms with Gasteiger partial charge >= 0.3 is 0 Å². The van der Waals surface area contributed by atoms with E-state index < -0.39 is 0 Å². The van der Waals surface area contributed by atoms with Gasteiger partial charge in [-0.05, 0) is 36.5 Å². The SMILES string of the molecule is C=C1C(CCC)C(CC=O)CC2c3nc4cc5c(cc4cc3CN12)OCO5. The third-order valence-electron chi connectivity index (χ3n) is 6.34. The minimum absolute atomic E-state index is 0.223. The fourth-order valence-electron chi connectivity index (χ4n) is 5.05. The Morgan fingerprint density at radius 2 is 2.11 bits per heavy atom. The van der Waals surface area contributed by atoms with Crippen LogP contribution in [0, 0.1) is 11.8 Å². The number of ether oxygens (including phenoxy) is 2. The van der Waals surface area contributed by atoms with Crippen molar-refractivity contribution in [2.24, 2.45) is 11.8 Å². The Hall–Kier alpha value is -2.56. The van der Waals surface area contributed by atoms with Crippen molar-refractivity contribution in [1.29, 1.82) is 0 Å². The zero-order chi connectivity index (χ0) is 18.5. The molecule has 5 nitrogen and oxygen atoms in total. The summed E-state index contributed by atoms with van der Waals surface area (Å²) in [6.07, 6.45) is 4.85. The monoisotopic (exact) mass is 364 g/mol. The van der Waals surface area contributed by atoms with Crippen LogP contribution in [0.15, 0.2) is 30.5 Å². The third-order valence-corrected chi connectivity index (χ3v) is 6.34. The van der Waals surface area contributed by atoms with Gasteiger partial charge in [-0.3, -0.25) is 4.98 Å². The van der Waals surface area contributed by atoms with Gasteiger partial charge in [-0.25, -0.2) is 0 Å². The van der Waals surface area contributed by atoms with E-state index in [1.165, 1.54) is 11.3 Å². The van der Waals surface area contributed by atoms with Gasteiger partial charge in [0.2, 0.25) is 6.79 Å². The lowest BCUT2D eigenvalue weighted by Crippen LogP contribution is -2.37. The molecule has 1 saturated heterocycles. The molecule has 0 amide bonds. The van der Waals surface area contributed by atoms with Gasteiger partial charge in [-0.1, -0.05) is 19.9 Å². The van der Waals surface area contributed by atoms with E-state index in [9.17, 15) is 4.79 Å². The highest BCUT2D eigenvalue weighted by Crippen LogP contribution is 2.50. The van der Waals surface area contributed by atoms with E-state index in [1.807, 2.05) is 12.1 Å². The van der Waals surface area contributed by atoms with Crippen LogP contribution in [0.2, 0.25) is 0 Å². The molecule has 0 radical (unpaired) electrons. The molecule has 2 aromatic rings. The van der Waals surface area contributed by atoms with E-state index in [2.05, 4.69) is 24.5 Å². The Balaban J connectivity index is 1.55. The van der Waals surface area contributed by atoms with Gasteiger partial charge in [0.05, 0.1) is 17.3 Å². The maximum Gasteiger partial charge on any atom is 0.231 e. The van der Waals surface area contributed by atoms with Crippen molar-refractivity contribution in [2.45, 2.75) is 45.2 Å². The van der Waals surface area contributed by atoms with Crippen LogP contribution in [-0.2, 0) is 11.3 Å². The van der Waals surface area contributed by atoms with Gasteiger partial charge in [-0.15, -0.1) is 0 Å². The molecule has 3 unspecified atom stereocenters. The molecule has 0 spiro atoms. The number of hydrogen-bond donors (Lipinski definition) is 0. The summed E-state index contributed by atoms with van der Waals surface area (Å²) in [5, 5.41) is 1.08. The normalized spacial score (nSPS) is 25.6. The predicted molar refractivity (Wildman–Crippen MR) is 102 cm³/mol. The van der Waals surface area contributed by atoms with Crippen molar-refractivity contribution >= 4 is 17.2 Å². The van der Waals surface area contributed by atoms with E-state index in [-0.39, 0.29) is 12.8 Å². The Morgan fingerprint density at radius 1 is 1.30 bits per heavy atom. The summed E-state index contributed by atoms with van der Waals surface area (Å²) < 4.78 is 11.0.